The van der Waals surface area contributed by atoms with Crippen molar-refractivity contribution >= 4 is 10.1 Å². The van der Waals surface area contributed by atoms with Crippen LogP contribution >= 0.6 is 0 Å². The summed E-state index contributed by atoms with van der Waals surface area (Å²) in [6.45, 7) is 4.39. The molecule has 0 saturated carbocycles. The van der Waals surface area contributed by atoms with Crippen LogP contribution in [0.1, 0.15) is 19.3 Å². The molecule has 3 aliphatic rings. The van der Waals surface area contributed by atoms with Gasteiger partial charge in [0, 0.05) is 0 Å². The summed E-state index contributed by atoms with van der Waals surface area (Å²) in [6.07, 6.45) is 5.25. The van der Waals surface area contributed by atoms with Crippen LogP contribution in [0.2, 0.25) is 0 Å². The van der Waals surface area contributed by atoms with E-state index < -0.39 is 10.1 Å². The minimum Gasteiger partial charge on any atom is -0.326 e. The zero-order chi connectivity index (χ0) is 10.8. The molecule has 14 heavy (non-hydrogen) atoms. The fourth-order valence-electron chi connectivity index (χ4n) is 2.25. The monoisotopic (exact) mass is 222 g/mol. The third-order valence-electron chi connectivity index (χ3n) is 3.23. The topological polar surface area (TPSA) is 54.4 Å². The van der Waals surface area contributed by atoms with E-state index in [0.29, 0.717) is 6.26 Å². The highest BCUT2D eigenvalue weighted by Crippen LogP contribution is 2.31. The third-order valence-corrected chi connectivity index (χ3v) is 3.23. The van der Waals surface area contributed by atoms with Crippen LogP contribution in [0.4, 0.5) is 0 Å². The molecular formula is C9H20NO3S+. The van der Waals surface area contributed by atoms with Gasteiger partial charge in [0.1, 0.15) is 0 Å². The summed E-state index contributed by atoms with van der Waals surface area (Å²) in [4.78, 5) is 0. The van der Waals surface area contributed by atoms with Crippen LogP contribution in [-0.2, 0) is 10.1 Å². The molecule has 2 bridgehead atoms. The molecule has 5 heteroatoms. The lowest BCUT2D eigenvalue weighted by atomic mass is 9.86. The minimum atomic E-state index is -3.67. The van der Waals surface area contributed by atoms with Gasteiger partial charge in [-0.15, -0.1) is 0 Å². The van der Waals surface area contributed by atoms with Gasteiger partial charge in [0.25, 0.3) is 10.1 Å². The predicted molar refractivity (Wildman–Crippen MR) is 55.6 cm³/mol. The highest BCUT2D eigenvalue weighted by Gasteiger charge is 2.35. The first-order valence-electron chi connectivity index (χ1n) is 5.04. The van der Waals surface area contributed by atoms with Crippen LogP contribution in [0.25, 0.3) is 0 Å². The van der Waals surface area contributed by atoms with Crippen LogP contribution in [-0.4, -0.2) is 50.4 Å². The molecule has 3 aliphatic heterocycles. The normalized spacial score (nSPS) is 36.1. The molecule has 0 aliphatic carbocycles. The maximum atomic E-state index is 9.19. The lowest BCUT2D eigenvalue weighted by Gasteiger charge is -2.46. The SMILES string of the molecule is CS(=O)(=O)O.C[N+]12CCC(CC1)CC2. The van der Waals surface area contributed by atoms with Crippen LogP contribution in [0.3, 0.4) is 0 Å². The molecule has 84 valence electrons. The van der Waals surface area contributed by atoms with Crippen molar-refractivity contribution in [1.29, 1.82) is 0 Å². The minimum absolute atomic E-state index is 0.715. The molecule has 0 aromatic heterocycles. The molecule has 0 amide bonds. The zero-order valence-electron chi connectivity index (χ0n) is 8.94. The first-order valence-corrected chi connectivity index (χ1v) is 6.89. The van der Waals surface area contributed by atoms with E-state index in [4.69, 9.17) is 4.55 Å². The van der Waals surface area contributed by atoms with E-state index in [1.165, 1.54) is 43.4 Å². The number of quaternary nitrogens is 1. The van der Waals surface area contributed by atoms with Gasteiger partial charge in [0.2, 0.25) is 0 Å². The average Bonchev–Trinajstić information content (AvgIpc) is 2.02. The average molecular weight is 222 g/mol. The molecule has 0 unspecified atom stereocenters. The van der Waals surface area contributed by atoms with E-state index in [9.17, 15) is 8.42 Å². The summed E-state index contributed by atoms with van der Waals surface area (Å²) >= 11 is 0. The molecular weight excluding hydrogens is 202 g/mol. The Morgan fingerprint density at radius 2 is 1.43 bits per heavy atom. The summed E-state index contributed by atoms with van der Waals surface area (Å²) < 4.78 is 27.3. The fourth-order valence-corrected chi connectivity index (χ4v) is 2.25. The van der Waals surface area contributed by atoms with E-state index in [0.717, 1.165) is 5.92 Å². The molecule has 4 nitrogen and oxygen atoms in total. The Morgan fingerprint density at radius 3 is 1.57 bits per heavy atom. The van der Waals surface area contributed by atoms with Crippen molar-refractivity contribution < 1.29 is 17.5 Å². The molecule has 3 fully saturated rings. The van der Waals surface area contributed by atoms with Gasteiger partial charge in [-0.1, -0.05) is 0 Å². The maximum absolute atomic E-state index is 9.19. The molecule has 3 rings (SSSR count). The molecule has 1 N–H and O–H groups in total. The second kappa shape index (κ2) is 4.16. The summed E-state index contributed by atoms with van der Waals surface area (Å²) in [5.41, 5.74) is 0. The van der Waals surface area contributed by atoms with Crippen LogP contribution in [0, 0.1) is 5.92 Å². The second-order valence-electron chi connectivity index (χ2n) is 4.76. The Bertz CT molecular complexity index is 257. The summed E-state index contributed by atoms with van der Waals surface area (Å²) in [5.74, 6) is 1.12. The van der Waals surface area contributed by atoms with Crippen molar-refractivity contribution in [2.75, 3.05) is 32.9 Å². The van der Waals surface area contributed by atoms with Crippen LogP contribution < -0.4 is 0 Å². The third kappa shape index (κ3) is 4.39. The molecule has 0 aromatic carbocycles. The molecule has 0 radical (unpaired) electrons. The summed E-state index contributed by atoms with van der Waals surface area (Å²) in [5, 5.41) is 0. The Labute approximate surface area is 86.3 Å². The van der Waals surface area contributed by atoms with E-state index >= 15 is 0 Å². The Balaban J connectivity index is 0.000000171. The molecule has 0 aromatic rings. The van der Waals surface area contributed by atoms with Crippen molar-refractivity contribution in [2.24, 2.45) is 5.92 Å². The van der Waals surface area contributed by atoms with Gasteiger partial charge in [-0.05, 0) is 25.2 Å². The standard InChI is InChI=1S/C8H16N.CH4O3S/c1-9-5-2-8(3-6-9)4-7-9;1-5(2,3)4/h8H,2-7H2,1H3;1H3,(H,2,3,4)/q+1;. The molecule has 0 spiro atoms. The van der Waals surface area contributed by atoms with Gasteiger partial charge in [-0.25, -0.2) is 0 Å². The number of hydrogen-bond acceptors (Lipinski definition) is 2. The van der Waals surface area contributed by atoms with Gasteiger partial charge in [-0.2, -0.15) is 8.42 Å². The first kappa shape index (κ1) is 11.9. The van der Waals surface area contributed by atoms with Crippen LogP contribution in [0.5, 0.6) is 0 Å². The van der Waals surface area contributed by atoms with Gasteiger partial charge < -0.3 is 4.48 Å². The highest BCUT2D eigenvalue weighted by molar-refractivity contribution is 7.85. The number of piperidine rings is 3. The summed E-state index contributed by atoms with van der Waals surface area (Å²) in [7, 11) is -1.25. The molecule has 0 atom stereocenters. The Hall–Kier alpha value is -0.130. The zero-order valence-corrected chi connectivity index (χ0v) is 9.76. The number of hydrogen-bond donors (Lipinski definition) is 1. The lowest BCUT2D eigenvalue weighted by Crippen LogP contribution is -2.55. The Morgan fingerprint density at radius 1 is 1.14 bits per heavy atom. The predicted octanol–water partition coefficient (Wildman–Crippen LogP) is 0.751. The number of fused-ring (bicyclic) bond motifs is 3. The van der Waals surface area contributed by atoms with Crippen molar-refractivity contribution in [3.05, 3.63) is 0 Å². The van der Waals surface area contributed by atoms with E-state index in [2.05, 4.69) is 7.05 Å². The number of nitrogens with zero attached hydrogens (tertiary/aromatic N) is 1. The van der Waals surface area contributed by atoms with E-state index in [1.54, 1.807) is 0 Å². The van der Waals surface area contributed by atoms with E-state index in [-0.39, 0.29) is 0 Å². The quantitative estimate of drug-likeness (QED) is 0.486. The van der Waals surface area contributed by atoms with Gasteiger partial charge in [0.15, 0.2) is 0 Å². The Kier molecular flexibility index (Phi) is 3.55. The van der Waals surface area contributed by atoms with Crippen molar-refractivity contribution in [3.8, 4) is 0 Å². The van der Waals surface area contributed by atoms with Gasteiger partial charge >= 0.3 is 0 Å². The van der Waals surface area contributed by atoms with Crippen molar-refractivity contribution in [3.63, 3.8) is 0 Å². The lowest BCUT2D eigenvalue weighted by molar-refractivity contribution is -0.924. The maximum Gasteiger partial charge on any atom is 0.261 e. The molecule has 3 saturated heterocycles. The van der Waals surface area contributed by atoms with E-state index in [1.807, 2.05) is 0 Å². The van der Waals surface area contributed by atoms with Gasteiger partial charge in [0.05, 0.1) is 32.9 Å². The fraction of sp³-hybridized carbons (Fsp3) is 1.00. The molecule has 3 heterocycles. The summed E-state index contributed by atoms with van der Waals surface area (Å²) in [6, 6.07) is 0. The highest BCUT2D eigenvalue weighted by atomic mass is 32.2. The number of rotatable bonds is 0. The van der Waals surface area contributed by atoms with Crippen LogP contribution in [0.15, 0.2) is 0 Å². The first-order chi connectivity index (χ1) is 6.29. The largest absolute Gasteiger partial charge is 0.326 e. The van der Waals surface area contributed by atoms with Crippen molar-refractivity contribution in [2.45, 2.75) is 19.3 Å². The van der Waals surface area contributed by atoms with Crippen molar-refractivity contribution in [1.82, 2.24) is 0 Å². The second-order valence-corrected chi connectivity index (χ2v) is 6.22. The smallest absolute Gasteiger partial charge is 0.261 e. The van der Waals surface area contributed by atoms with Gasteiger partial charge in [-0.3, -0.25) is 4.55 Å².